The molecule has 1 aromatic heterocycles. The summed E-state index contributed by atoms with van der Waals surface area (Å²) < 4.78 is 7.31. The smallest absolute Gasteiger partial charge is 0.110 e. The number of nitrogens with zero attached hydrogens (tertiary/aromatic N) is 2. The maximum Gasteiger partial charge on any atom is 0.110 e. The van der Waals surface area contributed by atoms with Gasteiger partial charge in [-0.2, -0.15) is 5.10 Å². The Hall–Kier alpha value is -1.29. The first-order chi connectivity index (χ1) is 7.84. The molecule has 1 aliphatic rings. The quantitative estimate of drug-likeness (QED) is 0.760. The van der Waals surface area contributed by atoms with Crippen LogP contribution in [-0.4, -0.2) is 29.0 Å². The first-order valence-electron chi connectivity index (χ1n) is 5.84. The van der Waals surface area contributed by atoms with E-state index in [0.29, 0.717) is 6.10 Å². The first-order valence-corrected chi connectivity index (χ1v) is 5.84. The topological polar surface area (TPSA) is 39.1 Å². The highest BCUT2D eigenvalue weighted by Gasteiger charge is 2.09. The molecule has 0 saturated carbocycles. The van der Waals surface area contributed by atoms with Gasteiger partial charge in [-0.15, -0.1) is 0 Å². The zero-order valence-electron chi connectivity index (χ0n) is 9.72. The average Bonchev–Trinajstić information content (AvgIpc) is 2.72. The van der Waals surface area contributed by atoms with Crippen LogP contribution >= 0.6 is 0 Å². The largest absolute Gasteiger partial charge is 0.497 e. The van der Waals surface area contributed by atoms with Crippen molar-refractivity contribution in [1.82, 2.24) is 15.1 Å². The monoisotopic (exact) mass is 221 g/mol. The van der Waals surface area contributed by atoms with Crippen molar-refractivity contribution in [3.63, 3.8) is 0 Å². The van der Waals surface area contributed by atoms with Crippen molar-refractivity contribution in [1.29, 1.82) is 0 Å². The minimum absolute atomic E-state index is 0.341. The van der Waals surface area contributed by atoms with Crippen molar-refractivity contribution >= 4 is 0 Å². The van der Waals surface area contributed by atoms with E-state index in [0.717, 1.165) is 38.0 Å². The van der Waals surface area contributed by atoms with E-state index < -0.39 is 0 Å². The van der Waals surface area contributed by atoms with Gasteiger partial charge in [0.2, 0.25) is 0 Å². The molecule has 1 aliphatic heterocycles. The van der Waals surface area contributed by atoms with Gasteiger partial charge in [-0.05, 0) is 25.0 Å². The molecule has 1 N–H and O–H groups in total. The zero-order chi connectivity index (χ0) is 11.2. The molecule has 0 amide bonds. The Bertz CT molecular complexity index is 346. The van der Waals surface area contributed by atoms with E-state index in [1.54, 1.807) is 0 Å². The molecule has 2 heterocycles. The molecule has 0 bridgehead atoms. The van der Waals surface area contributed by atoms with Crippen molar-refractivity contribution in [3.8, 4) is 0 Å². The summed E-state index contributed by atoms with van der Waals surface area (Å²) >= 11 is 0. The van der Waals surface area contributed by atoms with Gasteiger partial charge in [0, 0.05) is 32.8 Å². The molecule has 0 fully saturated rings. The number of aromatic nitrogens is 2. The van der Waals surface area contributed by atoms with E-state index in [1.165, 1.54) is 0 Å². The van der Waals surface area contributed by atoms with E-state index in [-0.39, 0.29) is 0 Å². The Morgan fingerprint density at radius 2 is 2.56 bits per heavy atom. The van der Waals surface area contributed by atoms with Crippen LogP contribution in [0.25, 0.3) is 0 Å². The summed E-state index contributed by atoms with van der Waals surface area (Å²) in [6.45, 7) is 1.89. The minimum Gasteiger partial charge on any atom is -0.497 e. The molecule has 4 nitrogen and oxygen atoms in total. The molecule has 88 valence electrons. The zero-order valence-corrected chi connectivity index (χ0v) is 9.72. The standard InChI is InChI=1S/C12H19N3O/c1-15-8-6-11(14-15)5-7-13-10-12-4-2-3-9-16-12/h3,6,8-9,12-13H,2,4-5,7,10H2,1H3. The Labute approximate surface area is 96.3 Å². The summed E-state index contributed by atoms with van der Waals surface area (Å²) in [4.78, 5) is 0. The number of hydrogen-bond donors (Lipinski definition) is 1. The Balaban J connectivity index is 1.59. The van der Waals surface area contributed by atoms with E-state index >= 15 is 0 Å². The molecular weight excluding hydrogens is 202 g/mol. The van der Waals surface area contributed by atoms with Gasteiger partial charge < -0.3 is 10.1 Å². The average molecular weight is 221 g/mol. The number of nitrogens with one attached hydrogen (secondary N) is 1. The van der Waals surface area contributed by atoms with E-state index in [4.69, 9.17) is 4.74 Å². The Morgan fingerprint density at radius 3 is 3.25 bits per heavy atom. The van der Waals surface area contributed by atoms with Crippen LogP contribution in [0, 0.1) is 0 Å². The molecule has 0 radical (unpaired) electrons. The van der Waals surface area contributed by atoms with E-state index in [2.05, 4.69) is 22.6 Å². The number of allylic oxidation sites excluding steroid dienone is 1. The lowest BCUT2D eigenvalue weighted by molar-refractivity contribution is 0.122. The van der Waals surface area contributed by atoms with Crippen molar-refractivity contribution in [2.45, 2.75) is 25.4 Å². The van der Waals surface area contributed by atoms with Crippen molar-refractivity contribution < 1.29 is 4.74 Å². The molecule has 0 spiro atoms. The van der Waals surface area contributed by atoms with Crippen molar-refractivity contribution in [2.24, 2.45) is 7.05 Å². The van der Waals surface area contributed by atoms with Crippen LogP contribution in [0.1, 0.15) is 18.5 Å². The second-order valence-electron chi connectivity index (χ2n) is 4.14. The van der Waals surface area contributed by atoms with Crippen LogP contribution in [0.15, 0.2) is 24.6 Å². The maximum absolute atomic E-state index is 5.47. The first kappa shape index (κ1) is 11.2. The van der Waals surface area contributed by atoms with Gasteiger partial charge in [0.15, 0.2) is 0 Å². The van der Waals surface area contributed by atoms with Crippen LogP contribution in [0.2, 0.25) is 0 Å². The fourth-order valence-corrected chi connectivity index (χ4v) is 1.81. The SMILES string of the molecule is Cn1ccc(CCNCC2CCC=CO2)n1. The number of rotatable bonds is 5. The molecule has 2 rings (SSSR count). The highest BCUT2D eigenvalue weighted by atomic mass is 16.5. The Morgan fingerprint density at radius 1 is 1.62 bits per heavy atom. The highest BCUT2D eigenvalue weighted by Crippen LogP contribution is 2.08. The van der Waals surface area contributed by atoms with Crippen molar-refractivity contribution in [3.05, 3.63) is 30.3 Å². The molecule has 1 unspecified atom stereocenters. The third kappa shape index (κ3) is 3.38. The van der Waals surface area contributed by atoms with E-state index in [9.17, 15) is 0 Å². The fraction of sp³-hybridized carbons (Fsp3) is 0.583. The van der Waals surface area contributed by atoms with Crippen LogP contribution in [0.3, 0.4) is 0 Å². The molecule has 4 heteroatoms. The summed E-state index contributed by atoms with van der Waals surface area (Å²) in [6.07, 6.45) is 9.43. The Kier molecular flexibility index (Phi) is 3.99. The van der Waals surface area contributed by atoms with Gasteiger partial charge in [-0.3, -0.25) is 4.68 Å². The third-order valence-electron chi connectivity index (χ3n) is 2.72. The van der Waals surface area contributed by atoms with Gasteiger partial charge in [0.1, 0.15) is 6.10 Å². The molecule has 16 heavy (non-hydrogen) atoms. The van der Waals surface area contributed by atoms with Gasteiger partial charge in [-0.25, -0.2) is 0 Å². The number of aryl methyl sites for hydroxylation is 1. The molecule has 1 aromatic rings. The van der Waals surface area contributed by atoms with Gasteiger partial charge >= 0.3 is 0 Å². The molecular formula is C12H19N3O. The van der Waals surface area contributed by atoms with Crippen LogP contribution < -0.4 is 5.32 Å². The number of hydrogen-bond acceptors (Lipinski definition) is 3. The molecule has 0 aromatic carbocycles. The fourth-order valence-electron chi connectivity index (χ4n) is 1.81. The lowest BCUT2D eigenvalue weighted by Gasteiger charge is -2.19. The lowest BCUT2D eigenvalue weighted by atomic mass is 10.1. The van der Waals surface area contributed by atoms with Gasteiger partial charge in [-0.1, -0.05) is 0 Å². The van der Waals surface area contributed by atoms with Gasteiger partial charge in [0.05, 0.1) is 12.0 Å². The minimum atomic E-state index is 0.341. The second kappa shape index (κ2) is 5.70. The summed E-state index contributed by atoms with van der Waals surface area (Å²) in [7, 11) is 1.94. The predicted molar refractivity (Wildman–Crippen MR) is 63.0 cm³/mol. The molecule has 1 atom stereocenters. The van der Waals surface area contributed by atoms with Crippen molar-refractivity contribution in [2.75, 3.05) is 13.1 Å². The van der Waals surface area contributed by atoms with Crippen LogP contribution in [0.4, 0.5) is 0 Å². The molecule has 0 saturated heterocycles. The van der Waals surface area contributed by atoms with Crippen LogP contribution in [-0.2, 0) is 18.2 Å². The van der Waals surface area contributed by atoms with Gasteiger partial charge in [0.25, 0.3) is 0 Å². The number of ether oxygens (including phenoxy) is 1. The third-order valence-corrected chi connectivity index (χ3v) is 2.72. The highest BCUT2D eigenvalue weighted by molar-refractivity contribution is 4.99. The summed E-state index contributed by atoms with van der Waals surface area (Å²) in [5, 5.41) is 7.73. The lowest BCUT2D eigenvalue weighted by Crippen LogP contribution is -2.30. The molecule has 0 aliphatic carbocycles. The summed E-state index contributed by atoms with van der Waals surface area (Å²) in [5.74, 6) is 0. The normalized spacial score (nSPS) is 19.7. The predicted octanol–water partition coefficient (Wildman–Crippen LogP) is 1.24. The summed E-state index contributed by atoms with van der Waals surface area (Å²) in [5.41, 5.74) is 1.14. The summed E-state index contributed by atoms with van der Waals surface area (Å²) in [6, 6.07) is 2.06. The van der Waals surface area contributed by atoms with Crippen LogP contribution in [0.5, 0.6) is 0 Å². The second-order valence-corrected chi connectivity index (χ2v) is 4.14. The van der Waals surface area contributed by atoms with E-state index in [1.807, 2.05) is 24.2 Å². The maximum atomic E-state index is 5.47.